The van der Waals surface area contributed by atoms with E-state index in [1.54, 1.807) is 40.5 Å². The number of carbonyl (C=O) groups is 2. The maximum absolute atomic E-state index is 13.1. The van der Waals surface area contributed by atoms with Crippen molar-refractivity contribution in [2.75, 3.05) is 26.2 Å². The maximum atomic E-state index is 13.1. The molecule has 9 heteroatoms. The van der Waals surface area contributed by atoms with E-state index in [9.17, 15) is 9.59 Å². The van der Waals surface area contributed by atoms with Crippen molar-refractivity contribution in [2.24, 2.45) is 0 Å². The fraction of sp³-hybridized carbons (Fsp3) is 0.227. The van der Waals surface area contributed by atoms with Crippen LogP contribution in [0.25, 0.3) is 22.6 Å². The Hall–Kier alpha value is -4.01. The molecule has 2 amide bonds. The smallest absolute Gasteiger partial charge is 0.289 e. The van der Waals surface area contributed by atoms with Crippen LogP contribution in [0.15, 0.2) is 65.7 Å². The molecule has 1 aliphatic heterocycles. The van der Waals surface area contributed by atoms with Crippen LogP contribution in [0.1, 0.15) is 10.6 Å². The number of para-hydroxylation sites is 2. The van der Waals surface area contributed by atoms with Gasteiger partial charge in [0.2, 0.25) is 5.91 Å². The van der Waals surface area contributed by atoms with Gasteiger partial charge < -0.3 is 18.8 Å². The van der Waals surface area contributed by atoms with Gasteiger partial charge in [0.05, 0.1) is 23.5 Å². The summed E-state index contributed by atoms with van der Waals surface area (Å²) in [5.41, 5.74) is 2.27. The number of furan rings is 1. The summed E-state index contributed by atoms with van der Waals surface area (Å²) in [7, 11) is 0. The van der Waals surface area contributed by atoms with E-state index in [1.165, 1.54) is 6.26 Å². The molecular weight excluding hydrogens is 396 g/mol. The molecular formula is C22H20N6O3. The molecule has 0 atom stereocenters. The van der Waals surface area contributed by atoms with Crippen LogP contribution in [-0.4, -0.2) is 67.3 Å². The third-order valence-corrected chi connectivity index (χ3v) is 5.39. The number of imidazole rings is 1. The van der Waals surface area contributed by atoms with E-state index in [1.807, 2.05) is 28.8 Å². The van der Waals surface area contributed by atoms with Gasteiger partial charge in [0.25, 0.3) is 5.91 Å². The second-order valence-electron chi connectivity index (χ2n) is 7.25. The lowest BCUT2D eigenvalue weighted by Gasteiger charge is -2.34. The molecule has 3 aromatic heterocycles. The van der Waals surface area contributed by atoms with Gasteiger partial charge in [-0.25, -0.2) is 9.97 Å². The molecule has 0 bridgehead atoms. The average Bonchev–Trinajstić information content (AvgIpc) is 3.48. The Kier molecular flexibility index (Phi) is 4.91. The summed E-state index contributed by atoms with van der Waals surface area (Å²) in [6.07, 6.45) is 6.33. The molecule has 4 aromatic rings. The number of rotatable bonds is 4. The highest BCUT2D eigenvalue weighted by atomic mass is 16.3. The molecule has 31 heavy (non-hydrogen) atoms. The van der Waals surface area contributed by atoms with Crippen LogP contribution in [-0.2, 0) is 11.3 Å². The molecule has 1 aromatic carbocycles. The predicted octanol–water partition coefficient (Wildman–Crippen LogP) is 2.07. The van der Waals surface area contributed by atoms with Gasteiger partial charge in [-0.05, 0) is 24.3 Å². The fourth-order valence-corrected chi connectivity index (χ4v) is 3.80. The third kappa shape index (κ3) is 3.65. The number of aromatic nitrogens is 4. The van der Waals surface area contributed by atoms with Gasteiger partial charge >= 0.3 is 0 Å². The van der Waals surface area contributed by atoms with E-state index >= 15 is 0 Å². The minimum Gasteiger partial charge on any atom is -0.459 e. The highest BCUT2D eigenvalue weighted by Gasteiger charge is 2.27. The number of amides is 2. The molecule has 0 aliphatic carbocycles. The van der Waals surface area contributed by atoms with E-state index in [0.29, 0.717) is 43.5 Å². The normalized spacial score (nSPS) is 14.2. The van der Waals surface area contributed by atoms with Crippen LogP contribution in [0.4, 0.5) is 0 Å². The second-order valence-corrected chi connectivity index (χ2v) is 7.25. The van der Waals surface area contributed by atoms with E-state index in [0.717, 1.165) is 11.0 Å². The first-order chi connectivity index (χ1) is 15.2. The Labute approximate surface area is 177 Å². The first-order valence-electron chi connectivity index (χ1n) is 10.0. The monoisotopic (exact) mass is 416 g/mol. The zero-order valence-electron chi connectivity index (χ0n) is 16.7. The van der Waals surface area contributed by atoms with Crippen LogP contribution < -0.4 is 0 Å². The molecule has 0 saturated carbocycles. The van der Waals surface area contributed by atoms with E-state index in [-0.39, 0.29) is 18.4 Å². The summed E-state index contributed by atoms with van der Waals surface area (Å²) in [5.74, 6) is 0.744. The minimum absolute atomic E-state index is 0.0293. The fourth-order valence-electron chi connectivity index (χ4n) is 3.80. The summed E-state index contributed by atoms with van der Waals surface area (Å²) >= 11 is 0. The lowest BCUT2D eigenvalue weighted by molar-refractivity contribution is -0.133. The molecule has 0 spiro atoms. The Balaban J connectivity index is 1.34. The van der Waals surface area contributed by atoms with Gasteiger partial charge in [0, 0.05) is 38.6 Å². The van der Waals surface area contributed by atoms with Gasteiger partial charge in [0.1, 0.15) is 12.2 Å². The van der Waals surface area contributed by atoms with Gasteiger partial charge in [-0.15, -0.1) is 0 Å². The molecule has 5 rings (SSSR count). The zero-order valence-corrected chi connectivity index (χ0v) is 16.7. The number of hydrogen-bond acceptors (Lipinski definition) is 6. The lowest BCUT2D eigenvalue weighted by atomic mass is 10.2. The minimum atomic E-state index is -0.150. The summed E-state index contributed by atoms with van der Waals surface area (Å²) < 4.78 is 7.07. The molecule has 0 N–H and O–H groups in total. The second kappa shape index (κ2) is 8.02. The molecule has 0 radical (unpaired) electrons. The van der Waals surface area contributed by atoms with Gasteiger partial charge in [0.15, 0.2) is 11.6 Å². The Bertz CT molecular complexity index is 1210. The topological polar surface area (TPSA) is 97.4 Å². The van der Waals surface area contributed by atoms with Crippen molar-refractivity contribution < 1.29 is 14.0 Å². The summed E-state index contributed by atoms with van der Waals surface area (Å²) in [5, 5.41) is 0. The van der Waals surface area contributed by atoms with Crippen LogP contribution in [0.3, 0.4) is 0 Å². The molecule has 9 nitrogen and oxygen atoms in total. The predicted molar refractivity (Wildman–Crippen MR) is 112 cm³/mol. The lowest BCUT2D eigenvalue weighted by Crippen LogP contribution is -2.51. The first-order valence-corrected chi connectivity index (χ1v) is 10.0. The van der Waals surface area contributed by atoms with Crippen molar-refractivity contribution in [2.45, 2.75) is 6.54 Å². The number of benzene rings is 1. The van der Waals surface area contributed by atoms with Gasteiger partial charge in [-0.1, -0.05) is 12.1 Å². The van der Waals surface area contributed by atoms with Crippen molar-refractivity contribution in [3.63, 3.8) is 0 Å². The molecule has 1 aliphatic rings. The van der Waals surface area contributed by atoms with Crippen LogP contribution >= 0.6 is 0 Å². The average molecular weight is 416 g/mol. The molecule has 4 heterocycles. The molecule has 1 fully saturated rings. The highest BCUT2D eigenvalue weighted by Crippen LogP contribution is 2.23. The van der Waals surface area contributed by atoms with E-state index in [2.05, 4.69) is 15.0 Å². The summed E-state index contributed by atoms with van der Waals surface area (Å²) in [6, 6.07) is 11.0. The van der Waals surface area contributed by atoms with Crippen molar-refractivity contribution in [1.29, 1.82) is 0 Å². The number of fused-ring (bicyclic) bond motifs is 1. The summed E-state index contributed by atoms with van der Waals surface area (Å²) in [6.45, 7) is 2.01. The Morgan fingerprint density at radius 3 is 2.52 bits per heavy atom. The first kappa shape index (κ1) is 19.0. The van der Waals surface area contributed by atoms with Crippen molar-refractivity contribution >= 4 is 22.8 Å². The molecule has 0 unspecified atom stereocenters. The Morgan fingerprint density at radius 2 is 1.77 bits per heavy atom. The number of piperazine rings is 1. The van der Waals surface area contributed by atoms with E-state index in [4.69, 9.17) is 4.42 Å². The number of nitrogens with zero attached hydrogens (tertiary/aromatic N) is 6. The van der Waals surface area contributed by atoms with Crippen molar-refractivity contribution in [3.8, 4) is 11.5 Å². The third-order valence-electron chi connectivity index (χ3n) is 5.39. The quantitative estimate of drug-likeness (QED) is 0.505. The SMILES string of the molecule is O=C(Cn1c(-c2cnccn2)nc2ccccc21)N1CCN(C(=O)c2ccco2)CC1. The van der Waals surface area contributed by atoms with Gasteiger partial charge in [-0.3, -0.25) is 14.6 Å². The van der Waals surface area contributed by atoms with E-state index < -0.39 is 0 Å². The standard InChI is InChI=1S/C22H20N6O3/c29-20(26-9-11-27(12-10-26)22(30)19-6-3-13-31-19)15-28-18-5-2-1-4-16(18)25-21(28)17-14-23-7-8-24-17/h1-8,13-14H,9-12,15H2. The van der Waals surface area contributed by atoms with Gasteiger partial charge in [-0.2, -0.15) is 0 Å². The zero-order chi connectivity index (χ0) is 21.2. The Morgan fingerprint density at radius 1 is 0.968 bits per heavy atom. The largest absolute Gasteiger partial charge is 0.459 e. The number of carbonyl (C=O) groups excluding carboxylic acids is 2. The maximum Gasteiger partial charge on any atom is 0.289 e. The van der Waals surface area contributed by atoms with Crippen LogP contribution in [0, 0.1) is 0 Å². The highest BCUT2D eigenvalue weighted by molar-refractivity contribution is 5.91. The van der Waals surface area contributed by atoms with Crippen molar-refractivity contribution in [1.82, 2.24) is 29.3 Å². The van der Waals surface area contributed by atoms with Crippen LogP contribution in [0.5, 0.6) is 0 Å². The summed E-state index contributed by atoms with van der Waals surface area (Å²) in [4.78, 5) is 42.2. The van der Waals surface area contributed by atoms with Crippen LogP contribution in [0.2, 0.25) is 0 Å². The molecule has 1 saturated heterocycles. The van der Waals surface area contributed by atoms with Crippen molar-refractivity contribution in [3.05, 3.63) is 67.0 Å². The molecule has 156 valence electrons. The number of hydrogen-bond donors (Lipinski definition) is 0.